The zero-order valence-electron chi connectivity index (χ0n) is 16.8. The minimum Gasteiger partial charge on any atom is -0.488 e. The number of hydrogen-bond acceptors (Lipinski definition) is 5. The summed E-state index contributed by atoms with van der Waals surface area (Å²) in [6.07, 6.45) is -3.91. The zero-order chi connectivity index (χ0) is 21.8. The van der Waals surface area contributed by atoms with Crippen molar-refractivity contribution in [3.05, 3.63) is 71.9 Å². The van der Waals surface area contributed by atoms with Gasteiger partial charge in [0, 0.05) is 11.9 Å². The summed E-state index contributed by atoms with van der Waals surface area (Å²) in [5, 5.41) is 2.89. The standard InChI is InChI=1S/C22H22F3N3O2/c1-21(2,3)30-17-11-9-16(10-12-17)27-20-26-13-18(22(23,24)25)19(28-20)29-14-15-7-5-4-6-8-15/h4-13H,14H2,1-3H3,(H,26,27,28). The molecule has 30 heavy (non-hydrogen) atoms. The van der Waals surface area contributed by atoms with Gasteiger partial charge in [-0.3, -0.25) is 0 Å². The Balaban J connectivity index is 1.78. The molecule has 0 bridgehead atoms. The topological polar surface area (TPSA) is 56.3 Å². The Morgan fingerprint density at radius 2 is 1.60 bits per heavy atom. The van der Waals surface area contributed by atoms with Gasteiger partial charge >= 0.3 is 6.18 Å². The number of aromatic nitrogens is 2. The first-order chi connectivity index (χ1) is 14.1. The molecule has 0 saturated heterocycles. The van der Waals surface area contributed by atoms with Crippen molar-refractivity contribution in [1.82, 2.24) is 9.97 Å². The number of anilines is 2. The molecule has 1 N–H and O–H groups in total. The van der Waals surface area contributed by atoms with Crippen LogP contribution in [0.2, 0.25) is 0 Å². The first-order valence-corrected chi connectivity index (χ1v) is 9.27. The van der Waals surface area contributed by atoms with Gasteiger partial charge in [-0.25, -0.2) is 4.98 Å². The van der Waals surface area contributed by atoms with Crippen LogP contribution in [-0.4, -0.2) is 15.6 Å². The van der Waals surface area contributed by atoms with Crippen molar-refractivity contribution in [2.45, 2.75) is 39.2 Å². The average Bonchev–Trinajstić information content (AvgIpc) is 2.67. The van der Waals surface area contributed by atoms with E-state index in [1.807, 2.05) is 26.8 Å². The largest absolute Gasteiger partial charge is 0.488 e. The molecule has 0 spiro atoms. The highest BCUT2D eigenvalue weighted by molar-refractivity contribution is 5.55. The highest BCUT2D eigenvalue weighted by Crippen LogP contribution is 2.35. The maximum absolute atomic E-state index is 13.3. The predicted molar refractivity (Wildman–Crippen MR) is 108 cm³/mol. The van der Waals surface area contributed by atoms with E-state index in [0.717, 1.165) is 5.56 Å². The number of hydrogen-bond donors (Lipinski definition) is 1. The van der Waals surface area contributed by atoms with Gasteiger partial charge in [-0.05, 0) is 50.6 Å². The van der Waals surface area contributed by atoms with Gasteiger partial charge in [-0.1, -0.05) is 30.3 Å². The van der Waals surface area contributed by atoms with Crippen molar-refractivity contribution in [3.63, 3.8) is 0 Å². The molecule has 0 aliphatic heterocycles. The summed E-state index contributed by atoms with van der Waals surface area (Å²) in [4.78, 5) is 7.72. The van der Waals surface area contributed by atoms with E-state index in [-0.39, 0.29) is 18.2 Å². The van der Waals surface area contributed by atoms with Crippen LogP contribution in [0.25, 0.3) is 0 Å². The normalized spacial score (nSPS) is 11.8. The zero-order valence-corrected chi connectivity index (χ0v) is 16.8. The molecule has 158 valence electrons. The summed E-state index contributed by atoms with van der Waals surface area (Å²) in [6.45, 7) is 5.77. The SMILES string of the molecule is CC(C)(C)Oc1ccc(Nc2ncc(C(F)(F)F)c(OCc3ccccc3)n2)cc1. The molecule has 0 aliphatic rings. The van der Waals surface area contributed by atoms with E-state index >= 15 is 0 Å². The number of halogens is 3. The van der Waals surface area contributed by atoms with E-state index in [0.29, 0.717) is 17.6 Å². The number of ether oxygens (including phenoxy) is 2. The van der Waals surface area contributed by atoms with Crippen LogP contribution in [0.5, 0.6) is 11.6 Å². The number of alkyl halides is 3. The van der Waals surface area contributed by atoms with Crippen molar-refractivity contribution >= 4 is 11.6 Å². The molecule has 0 unspecified atom stereocenters. The lowest BCUT2D eigenvalue weighted by molar-refractivity contribution is -0.139. The number of nitrogens with zero attached hydrogens (tertiary/aromatic N) is 2. The van der Waals surface area contributed by atoms with Crippen LogP contribution < -0.4 is 14.8 Å². The van der Waals surface area contributed by atoms with Crippen molar-refractivity contribution in [2.75, 3.05) is 5.32 Å². The summed E-state index contributed by atoms with van der Waals surface area (Å²) in [5.74, 6) is 0.139. The second-order valence-electron chi connectivity index (χ2n) is 7.55. The molecule has 0 radical (unpaired) electrons. The number of rotatable bonds is 6. The molecule has 1 heterocycles. The van der Waals surface area contributed by atoms with Crippen LogP contribution >= 0.6 is 0 Å². The van der Waals surface area contributed by atoms with Crippen molar-refractivity contribution in [3.8, 4) is 11.6 Å². The first-order valence-electron chi connectivity index (χ1n) is 9.27. The highest BCUT2D eigenvalue weighted by atomic mass is 19.4. The van der Waals surface area contributed by atoms with Crippen molar-refractivity contribution in [1.29, 1.82) is 0 Å². The van der Waals surface area contributed by atoms with Gasteiger partial charge in [0.2, 0.25) is 11.8 Å². The Morgan fingerprint density at radius 1 is 0.933 bits per heavy atom. The Labute approximate surface area is 172 Å². The third-order valence-corrected chi connectivity index (χ3v) is 3.81. The third kappa shape index (κ3) is 6.10. The molecule has 8 heteroatoms. The van der Waals surface area contributed by atoms with E-state index < -0.39 is 17.6 Å². The van der Waals surface area contributed by atoms with Crippen LogP contribution in [0.1, 0.15) is 31.9 Å². The van der Waals surface area contributed by atoms with Crippen LogP contribution in [-0.2, 0) is 12.8 Å². The third-order valence-electron chi connectivity index (χ3n) is 3.81. The monoisotopic (exact) mass is 417 g/mol. The molecule has 0 fully saturated rings. The molecule has 0 saturated carbocycles. The minimum atomic E-state index is -4.63. The van der Waals surface area contributed by atoms with E-state index in [1.165, 1.54) is 0 Å². The molecule has 0 amide bonds. The van der Waals surface area contributed by atoms with Gasteiger partial charge in [0.25, 0.3) is 0 Å². The second kappa shape index (κ2) is 8.61. The summed E-state index contributed by atoms with van der Waals surface area (Å²) in [6, 6.07) is 15.9. The molecular weight excluding hydrogens is 395 g/mol. The second-order valence-corrected chi connectivity index (χ2v) is 7.55. The molecule has 5 nitrogen and oxygen atoms in total. The average molecular weight is 417 g/mol. The van der Waals surface area contributed by atoms with Gasteiger partial charge in [0.05, 0.1) is 0 Å². The molecule has 2 aromatic carbocycles. The Morgan fingerprint density at radius 3 is 2.20 bits per heavy atom. The molecule has 1 aromatic heterocycles. The molecule has 0 atom stereocenters. The molecular formula is C22H22F3N3O2. The van der Waals surface area contributed by atoms with Gasteiger partial charge in [0.15, 0.2) is 0 Å². The number of nitrogens with one attached hydrogen (secondary N) is 1. The van der Waals surface area contributed by atoms with Crippen molar-refractivity contribution in [2.24, 2.45) is 0 Å². The lowest BCUT2D eigenvalue weighted by atomic mass is 10.2. The molecule has 3 rings (SSSR count). The van der Waals surface area contributed by atoms with Gasteiger partial charge in [-0.2, -0.15) is 18.2 Å². The van der Waals surface area contributed by atoms with E-state index in [4.69, 9.17) is 9.47 Å². The van der Waals surface area contributed by atoms with Crippen molar-refractivity contribution < 1.29 is 22.6 Å². The molecule has 3 aromatic rings. The van der Waals surface area contributed by atoms with Crippen LogP contribution in [0.4, 0.5) is 24.8 Å². The van der Waals surface area contributed by atoms with E-state index in [9.17, 15) is 13.2 Å². The number of benzene rings is 2. The van der Waals surface area contributed by atoms with E-state index in [1.54, 1.807) is 48.5 Å². The predicted octanol–water partition coefficient (Wildman–Crippen LogP) is 6.00. The summed E-state index contributed by atoms with van der Waals surface area (Å²) >= 11 is 0. The Hall–Kier alpha value is -3.29. The van der Waals surface area contributed by atoms with Gasteiger partial charge in [0.1, 0.15) is 23.5 Å². The van der Waals surface area contributed by atoms with Gasteiger partial charge < -0.3 is 14.8 Å². The fourth-order valence-electron chi connectivity index (χ4n) is 2.55. The highest BCUT2D eigenvalue weighted by Gasteiger charge is 2.36. The van der Waals surface area contributed by atoms with Crippen LogP contribution in [0.15, 0.2) is 60.8 Å². The summed E-state index contributed by atoms with van der Waals surface area (Å²) < 4.78 is 51.1. The van der Waals surface area contributed by atoms with Crippen LogP contribution in [0, 0.1) is 0 Å². The maximum atomic E-state index is 13.3. The van der Waals surface area contributed by atoms with E-state index in [2.05, 4.69) is 15.3 Å². The van der Waals surface area contributed by atoms with Crippen LogP contribution in [0.3, 0.4) is 0 Å². The maximum Gasteiger partial charge on any atom is 0.423 e. The summed E-state index contributed by atoms with van der Waals surface area (Å²) in [5.41, 5.74) is -0.0349. The fourth-order valence-corrected chi connectivity index (χ4v) is 2.55. The van der Waals surface area contributed by atoms with Gasteiger partial charge in [-0.15, -0.1) is 0 Å². The lowest BCUT2D eigenvalue weighted by Gasteiger charge is -2.21. The molecule has 0 aliphatic carbocycles. The smallest absolute Gasteiger partial charge is 0.423 e. The minimum absolute atomic E-state index is 0.00412. The quantitative estimate of drug-likeness (QED) is 0.533. The first kappa shape index (κ1) is 21.4. The summed E-state index contributed by atoms with van der Waals surface area (Å²) in [7, 11) is 0. The fraction of sp³-hybridized carbons (Fsp3) is 0.273. The lowest BCUT2D eigenvalue weighted by Crippen LogP contribution is -2.22. The Kier molecular flexibility index (Phi) is 6.14. The Bertz CT molecular complexity index is 970.